The van der Waals surface area contributed by atoms with Gasteiger partial charge in [0.1, 0.15) is 5.82 Å². The first kappa shape index (κ1) is 9.90. The Morgan fingerprint density at radius 1 is 1.19 bits per heavy atom. The smallest absolute Gasteiger partial charge is 0.125 e. The van der Waals surface area contributed by atoms with Crippen LogP contribution in [0.2, 0.25) is 0 Å². The van der Waals surface area contributed by atoms with Gasteiger partial charge in [0.15, 0.2) is 0 Å². The highest BCUT2D eigenvalue weighted by molar-refractivity contribution is 5.72. The van der Waals surface area contributed by atoms with Gasteiger partial charge < -0.3 is 15.4 Å². The fourth-order valence-corrected chi connectivity index (χ4v) is 2.43. The van der Waals surface area contributed by atoms with Crippen molar-refractivity contribution in [1.29, 1.82) is 0 Å². The first-order valence-electron chi connectivity index (χ1n) is 5.67. The van der Waals surface area contributed by atoms with Gasteiger partial charge in [0.2, 0.25) is 0 Å². The summed E-state index contributed by atoms with van der Waals surface area (Å²) in [5.41, 5.74) is 1.94. The Hall–Kier alpha value is -1.29. The number of fused-ring (bicyclic) bond motifs is 1. The zero-order valence-electron chi connectivity index (χ0n) is 9.05. The van der Waals surface area contributed by atoms with Gasteiger partial charge in [-0.3, -0.25) is 0 Å². The number of benzene rings is 1. The third kappa shape index (κ3) is 1.63. The molecule has 0 bridgehead atoms. The summed E-state index contributed by atoms with van der Waals surface area (Å²) in [5.74, 6) is -0.198. The maximum absolute atomic E-state index is 13.0. The predicted octanol–water partition coefficient (Wildman–Crippen LogP) is 2.21. The van der Waals surface area contributed by atoms with E-state index in [-0.39, 0.29) is 11.4 Å². The van der Waals surface area contributed by atoms with Crippen molar-refractivity contribution in [3.63, 3.8) is 0 Å². The molecule has 3 rings (SSSR count). The molecule has 2 heterocycles. The van der Waals surface area contributed by atoms with Crippen LogP contribution in [-0.4, -0.2) is 25.3 Å². The Morgan fingerprint density at radius 2 is 2.00 bits per heavy atom. The molecule has 0 amide bonds. The van der Waals surface area contributed by atoms with Gasteiger partial charge in [0.25, 0.3) is 0 Å². The zero-order valence-corrected chi connectivity index (χ0v) is 9.05. The van der Waals surface area contributed by atoms with E-state index in [4.69, 9.17) is 4.74 Å². The van der Waals surface area contributed by atoms with Crippen LogP contribution in [0, 0.1) is 5.82 Å². The standard InChI is InChI=1S/C12H15FN2O/c13-9-1-2-10-11(7-9)14-8-12(15-10)3-5-16-6-4-12/h1-2,7,14-15H,3-6,8H2. The molecule has 2 aliphatic rings. The summed E-state index contributed by atoms with van der Waals surface area (Å²) in [6, 6.07) is 4.83. The van der Waals surface area contributed by atoms with E-state index in [1.165, 1.54) is 12.1 Å². The summed E-state index contributed by atoms with van der Waals surface area (Å²) in [4.78, 5) is 0. The van der Waals surface area contributed by atoms with Crippen molar-refractivity contribution >= 4 is 11.4 Å². The van der Waals surface area contributed by atoms with E-state index in [2.05, 4.69) is 10.6 Å². The summed E-state index contributed by atoms with van der Waals surface area (Å²) in [5, 5.41) is 6.84. The molecule has 3 nitrogen and oxygen atoms in total. The third-order valence-corrected chi connectivity index (χ3v) is 3.45. The SMILES string of the molecule is Fc1ccc2c(c1)NCC1(CCOCC1)N2. The largest absolute Gasteiger partial charge is 0.381 e. The molecular formula is C12H15FN2O. The van der Waals surface area contributed by atoms with E-state index in [9.17, 15) is 4.39 Å². The zero-order chi connectivity index (χ0) is 11.0. The molecule has 0 aromatic heterocycles. The lowest BCUT2D eigenvalue weighted by atomic mass is 9.87. The number of ether oxygens (including phenoxy) is 1. The molecule has 1 spiro atoms. The number of hydrogen-bond donors (Lipinski definition) is 2. The minimum Gasteiger partial charge on any atom is -0.381 e. The highest BCUT2D eigenvalue weighted by Gasteiger charge is 2.35. The van der Waals surface area contributed by atoms with Gasteiger partial charge in [-0.15, -0.1) is 0 Å². The Morgan fingerprint density at radius 3 is 2.81 bits per heavy atom. The first-order valence-corrected chi connectivity index (χ1v) is 5.67. The van der Waals surface area contributed by atoms with Crippen molar-refractivity contribution in [3.05, 3.63) is 24.0 Å². The minimum absolute atomic E-state index is 0.0864. The average molecular weight is 222 g/mol. The quantitative estimate of drug-likeness (QED) is 0.706. The fraction of sp³-hybridized carbons (Fsp3) is 0.500. The number of rotatable bonds is 0. The lowest BCUT2D eigenvalue weighted by molar-refractivity contribution is 0.0635. The normalized spacial score (nSPS) is 22.1. The van der Waals surface area contributed by atoms with Crippen molar-refractivity contribution in [3.8, 4) is 0 Å². The second-order valence-electron chi connectivity index (χ2n) is 4.56. The molecule has 2 aliphatic heterocycles. The molecule has 1 saturated heterocycles. The van der Waals surface area contributed by atoms with Crippen molar-refractivity contribution in [1.82, 2.24) is 0 Å². The Balaban J connectivity index is 1.88. The lowest BCUT2D eigenvalue weighted by Crippen LogP contribution is -2.51. The van der Waals surface area contributed by atoms with Crippen LogP contribution in [0.25, 0.3) is 0 Å². The Labute approximate surface area is 94.0 Å². The molecule has 1 aromatic rings. The molecule has 16 heavy (non-hydrogen) atoms. The molecule has 0 unspecified atom stereocenters. The van der Waals surface area contributed by atoms with E-state index in [0.717, 1.165) is 44.0 Å². The van der Waals surface area contributed by atoms with E-state index < -0.39 is 0 Å². The van der Waals surface area contributed by atoms with Crippen molar-refractivity contribution in [2.45, 2.75) is 18.4 Å². The molecular weight excluding hydrogens is 207 g/mol. The van der Waals surface area contributed by atoms with E-state index in [1.807, 2.05) is 0 Å². The molecule has 2 N–H and O–H groups in total. The summed E-state index contributed by atoms with van der Waals surface area (Å²) in [6.07, 6.45) is 1.99. The summed E-state index contributed by atoms with van der Waals surface area (Å²) in [6.45, 7) is 2.43. The van der Waals surface area contributed by atoms with Crippen LogP contribution >= 0.6 is 0 Å². The fourth-order valence-electron chi connectivity index (χ4n) is 2.43. The third-order valence-electron chi connectivity index (χ3n) is 3.45. The number of hydrogen-bond acceptors (Lipinski definition) is 3. The molecule has 1 aromatic carbocycles. The molecule has 0 atom stereocenters. The maximum Gasteiger partial charge on any atom is 0.125 e. The van der Waals surface area contributed by atoms with Gasteiger partial charge >= 0.3 is 0 Å². The second kappa shape index (κ2) is 3.63. The van der Waals surface area contributed by atoms with Crippen molar-refractivity contribution < 1.29 is 9.13 Å². The molecule has 4 heteroatoms. The van der Waals surface area contributed by atoms with Crippen LogP contribution < -0.4 is 10.6 Å². The average Bonchev–Trinajstić information content (AvgIpc) is 2.31. The van der Waals surface area contributed by atoms with E-state index in [0.29, 0.717) is 0 Å². The van der Waals surface area contributed by atoms with Crippen LogP contribution in [-0.2, 0) is 4.74 Å². The molecule has 1 fully saturated rings. The highest BCUT2D eigenvalue weighted by Crippen LogP contribution is 2.35. The number of anilines is 2. The molecule has 0 saturated carbocycles. The van der Waals surface area contributed by atoms with Crippen LogP contribution in [0.5, 0.6) is 0 Å². The maximum atomic E-state index is 13.0. The van der Waals surface area contributed by atoms with Crippen LogP contribution in [0.4, 0.5) is 15.8 Å². The molecule has 0 aliphatic carbocycles. The van der Waals surface area contributed by atoms with E-state index in [1.54, 1.807) is 6.07 Å². The predicted molar refractivity (Wildman–Crippen MR) is 61.3 cm³/mol. The highest BCUT2D eigenvalue weighted by atomic mass is 19.1. The topological polar surface area (TPSA) is 33.3 Å². The lowest BCUT2D eigenvalue weighted by Gasteiger charge is -2.43. The first-order chi connectivity index (χ1) is 7.77. The minimum atomic E-state index is -0.198. The van der Waals surface area contributed by atoms with Crippen LogP contribution in [0.3, 0.4) is 0 Å². The van der Waals surface area contributed by atoms with E-state index >= 15 is 0 Å². The van der Waals surface area contributed by atoms with Gasteiger partial charge in [0.05, 0.1) is 16.9 Å². The van der Waals surface area contributed by atoms with Gasteiger partial charge in [-0.05, 0) is 31.0 Å². The van der Waals surface area contributed by atoms with Gasteiger partial charge in [-0.2, -0.15) is 0 Å². The molecule has 86 valence electrons. The van der Waals surface area contributed by atoms with Crippen LogP contribution in [0.15, 0.2) is 18.2 Å². The Kier molecular flexibility index (Phi) is 2.24. The van der Waals surface area contributed by atoms with Crippen molar-refractivity contribution in [2.75, 3.05) is 30.4 Å². The number of nitrogens with one attached hydrogen (secondary N) is 2. The second-order valence-corrected chi connectivity index (χ2v) is 4.56. The number of halogens is 1. The summed E-state index contributed by atoms with van der Waals surface area (Å²) in [7, 11) is 0. The van der Waals surface area contributed by atoms with Gasteiger partial charge in [-0.1, -0.05) is 0 Å². The summed E-state index contributed by atoms with van der Waals surface area (Å²) >= 11 is 0. The molecule has 0 radical (unpaired) electrons. The Bertz CT molecular complexity index is 402. The van der Waals surface area contributed by atoms with Gasteiger partial charge in [-0.25, -0.2) is 4.39 Å². The monoisotopic (exact) mass is 222 g/mol. The van der Waals surface area contributed by atoms with Crippen LogP contribution in [0.1, 0.15) is 12.8 Å². The van der Waals surface area contributed by atoms with Gasteiger partial charge in [0, 0.05) is 19.8 Å². The van der Waals surface area contributed by atoms with Crippen molar-refractivity contribution in [2.24, 2.45) is 0 Å². The summed E-state index contributed by atoms with van der Waals surface area (Å²) < 4.78 is 18.4.